The lowest BCUT2D eigenvalue weighted by atomic mass is 10.1. The normalized spacial score (nSPS) is 10.4. The van der Waals surface area contributed by atoms with Crippen LogP contribution in [0.15, 0.2) is 60.8 Å². The topological polar surface area (TPSA) is 69.7 Å². The Balaban J connectivity index is 1.57. The lowest BCUT2D eigenvalue weighted by Gasteiger charge is -2.14. The lowest BCUT2D eigenvalue weighted by molar-refractivity contribution is 0.0950. The molecule has 1 amide bonds. The van der Waals surface area contributed by atoms with Gasteiger partial charge in [0.05, 0.1) is 24.4 Å². The van der Waals surface area contributed by atoms with Gasteiger partial charge in [-0.3, -0.25) is 9.78 Å². The zero-order valence-corrected chi connectivity index (χ0v) is 18.3. The number of hydrogen-bond acceptors (Lipinski definition) is 5. The first kappa shape index (κ1) is 22.4. The number of benzene rings is 2. The quantitative estimate of drug-likeness (QED) is 0.478. The fourth-order valence-electron chi connectivity index (χ4n) is 2.82. The molecule has 1 heterocycles. The number of carbonyl (C=O) groups excluding carboxylic acids is 1. The Hall–Kier alpha value is -3.25. The third-order valence-electron chi connectivity index (χ3n) is 4.43. The van der Waals surface area contributed by atoms with Gasteiger partial charge in [0, 0.05) is 18.3 Å². The summed E-state index contributed by atoms with van der Waals surface area (Å²) in [5.74, 6) is 1.36. The molecule has 0 unspecified atom stereocenters. The Bertz CT molecular complexity index is 994. The molecule has 0 spiro atoms. The van der Waals surface area contributed by atoms with Crippen molar-refractivity contribution in [3.63, 3.8) is 0 Å². The average molecular weight is 441 g/mol. The zero-order chi connectivity index (χ0) is 22.1. The predicted molar refractivity (Wildman–Crippen MR) is 120 cm³/mol. The van der Waals surface area contributed by atoms with Crippen LogP contribution in [0.5, 0.6) is 17.2 Å². The molecular weight excluding hydrogens is 416 g/mol. The highest BCUT2D eigenvalue weighted by molar-refractivity contribution is 6.32. The van der Waals surface area contributed by atoms with Gasteiger partial charge in [-0.05, 0) is 48.4 Å². The van der Waals surface area contributed by atoms with E-state index < -0.39 is 0 Å². The van der Waals surface area contributed by atoms with Crippen LogP contribution in [-0.2, 0) is 13.2 Å². The van der Waals surface area contributed by atoms with Gasteiger partial charge in [-0.15, -0.1) is 0 Å². The number of rotatable bonds is 10. The Morgan fingerprint density at radius 3 is 2.58 bits per heavy atom. The molecule has 0 aliphatic carbocycles. The number of aromatic nitrogens is 1. The van der Waals surface area contributed by atoms with Crippen LogP contribution in [-0.4, -0.2) is 24.6 Å². The van der Waals surface area contributed by atoms with Crippen molar-refractivity contribution in [1.29, 1.82) is 0 Å². The van der Waals surface area contributed by atoms with Gasteiger partial charge in [0.15, 0.2) is 11.5 Å². The summed E-state index contributed by atoms with van der Waals surface area (Å²) in [6.07, 6.45) is 2.58. The first-order valence-corrected chi connectivity index (χ1v) is 10.4. The maximum atomic E-state index is 12.6. The number of halogens is 1. The summed E-state index contributed by atoms with van der Waals surface area (Å²) in [5.41, 5.74) is 2.21. The minimum atomic E-state index is -0.252. The molecule has 0 saturated carbocycles. The van der Waals surface area contributed by atoms with Crippen LogP contribution in [0.25, 0.3) is 0 Å². The number of carbonyl (C=O) groups is 1. The van der Waals surface area contributed by atoms with Crippen molar-refractivity contribution in [2.45, 2.75) is 26.5 Å². The van der Waals surface area contributed by atoms with Crippen LogP contribution in [0.4, 0.5) is 0 Å². The molecular formula is C24H25ClN2O4. The highest BCUT2D eigenvalue weighted by Gasteiger charge is 2.16. The Morgan fingerprint density at radius 2 is 1.90 bits per heavy atom. The molecule has 1 N–H and O–H groups in total. The van der Waals surface area contributed by atoms with E-state index in [1.165, 1.54) is 7.11 Å². The molecule has 31 heavy (non-hydrogen) atoms. The number of ether oxygens (including phenoxy) is 3. The summed E-state index contributed by atoms with van der Waals surface area (Å²) < 4.78 is 16.7. The van der Waals surface area contributed by atoms with Gasteiger partial charge >= 0.3 is 0 Å². The van der Waals surface area contributed by atoms with Gasteiger partial charge in [0.1, 0.15) is 12.4 Å². The minimum absolute atomic E-state index is 0.252. The maximum absolute atomic E-state index is 12.6. The average Bonchev–Trinajstić information content (AvgIpc) is 2.81. The van der Waals surface area contributed by atoms with Crippen molar-refractivity contribution in [2.24, 2.45) is 0 Å². The first-order valence-electron chi connectivity index (χ1n) is 10.0. The van der Waals surface area contributed by atoms with E-state index in [0.717, 1.165) is 23.4 Å². The number of amides is 1. The maximum Gasteiger partial charge on any atom is 0.251 e. The molecule has 0 radical (unpaired) electrons. The van der Waals surface area contributed by atoms with E-state index in [1.807, 2.05) is 49.4 Å². The molecule has 2 aromatic carbocycles. The fourth-order valence-corrected chi connectivity index (χ4v) is 3.09. The molecule has 1 aromatic heterocycles. The van der Waals surface area contributed by atoms with Crippen molar-refractivity contribution >= 4 is 17.5 Å². The van der Waals surface area contributed by atoms with Crippen molar-refractivity contribution in [3.05, 3.63) is 82.6 Å². The van der Waals surface area contributed by atoms with Gasteiger partial charge in [-0.25, -0.2) is 0 Å². The van der Waals surface area contributed by atoms with Crippen LogP contribution in [0, 0.1) is 0 Å². The molecule has 6 nitrogen and oxygen atoms in total. The largest absolute Gasteiger partial charge is 0.493 e. The van der Waals surface area contributed by atoms with E-state index in [9.17, 15) is 4.79 Å². The Labute approximate surface area is 187 Å². The van der Waals surface area contributed by atoms with Crippen LogP contribution < -0.4 is 19.5 Å². The summed E-state index contributed by atoms with van der Waals surface area (Å²) >= 11 is 6.30. The summed E-state index contributed by atoms with van der Waals surface area (Å²) in [6.45, 7) is 3.29. The molecule has 0 bridgehead atoms. The second-order valence-corrected chi connectivity index (χ2v) is 7.18. The smallest absolute Gasteiger partial charge is 0.251 e. The molecule has 0 saturated heterocycles. The second kappa shape index (κ2) is 11.2. The summed E-state index contributed by atoms with van der Waals surface area (Å²) in [6, 6.07) is 16.4. The van der Waals surface area contributed by atoms with Gasteiger partial charge < -0.3 is 19.5 Å². The number of nitrogens with zero attached hydrogens (tertiary/aromatic N) is 1. The fraction of sp³-hybridized carbons (Fsp3) is 0.250. The van der Waals surface area contributed by atoms with Crippen LogP contribution in [0.3, 0.4) is 0 Å². The molecule has 0 atom stereocenters. The number of methoxy groups -OCH3 is 1. The van der Waals surface area contributed by atoms with Crippen molar-refractivity contribution < 1.29 is 19.0 Å². The Morgan fingerprint density at radius 1 is 1.10 bits per heavy atom. The van der Waals surface area contributed by atoms with E-state index in [1.54, 1.807) is 18.3 Å². The molecule has 162 valence electrons. The number of pyridine rings is 1. The van der Waals surface area contributed by atoms with Crippen molar-refractivity contribution in [3.8, 4) is 17.2 Å². The minimum Gasteiger partial charge on any atom is -0.493 e. The summed E-state index contributed by atoms with van der Waals surface area (Å²) in [5, 5.41) is 3.23. The first-order chi connectivity index (χ1) is 15.1. The second-order valence-electron chi connectivity index (χ2n) is 6.77. The molecule has 0 fully saturated rings. The molecule has 0 aliphatic heterocycles. The Kier molecular flexibility index (Phi) is 8.12. The van der Waals surface area contributed by atoms with Gasteiger partial charge in [-0.1, -0.05) is 36.7 Å². The third-order valence-corrected chi connectivity index (χ3v) is 4.71. The van der Waals surface area contributed by atoms with Gasteiger partial charge in [0.2, 0.25) is 0 Å². The number of hydrogen-bond donors (Lipinski definition) is 1. The van der Waals surface area contributed by atoms with E-state index in [-0.39, 0.29) is 5.91 Å². The SMILES string of the molecule is CCCOc1c(Cl)cc(C(=O)NCc2ccc(OCc3ccccn3)cc2)cc1OC. The van der Waals surface area contributed by atoms with Gasteiger partial charge in [-0.2, -0.15) is 0 Å². The van der Waals surface area contributed by atoms with E-state index in [2.05, 4.69) is 10.3 Å². The molecule has 3 rings (SSSR count). The van der Waals surface area contributed by atoms with Gasteiger partial charge in [0.25, 0.3) is 5.91 Å². The highest BCUT2D eigenvalue weighted by atomic mass is 35.5. The van der Waals surface area contributed by atoms with Crippen LogP contribution >= 0.6 is 11.6 Å². The molecule has 7 heteroatoms. The summed E-state index contributed by atoms with van der Waals surface area (Å²) in [4.78, 5) is 16.8. The number of nitrogens with one attached hydrogen (secondary N) is 1. The lowest BCUT2D eigenvalue weighted by Crippen LogP contribution is -2.22. The van der Waals surface area contributed by atoms with Crippen molar-refractivity contribution in [1.82, 2.24) is 10.3 Å². The third kappa shape index (κ3) is 6.36. The highest BCUT2D eigenvalue weighted by Crippen LogP contribution is 2.36. The van der Waals surface area contributed by atoms with E-state index in [0.29, 0.717) is 41.8 Å². The molecule has 0 aliphatic rings. The molecule has 3 aromatic rings. The van der Waals surface area contributed by atoms with E-state index in [4.69, 9.17) is 25.8 Å². The van der Waals surface area contributed by atoms with Crippen LogP contribution in [0.1, 0.15) is 35.0 Å². The van der Waals surface area contributed by atoms with E-state index >= 15 is 0 Å². The monoisotopic (exact) mass is 440 g/mol. The van der Waals surface area contributed by atoms with Crippen molar-refractivity contribution in [2.75, 3.05) is 13.7 Å². The zero-order valence-electron chi connectivity index (χ0n) is 17.6. The van der Waals surface area contributed by atoms with Crippen LogP contribution in [0.2, 0.25) is 5.02 Å². The summed E-state index contributed by atoms with van der Waals surface area (Å²) in [7, 11) is 1.52. The predicted octanol–water partition coefficient (Wildman–Crippen LogP) is 5.04. The standard InChI is InChI=1S/C24H25ClN2O4/c1-3-12-30-23-21(25)13-18(14-22(23)29-2)24(28)27-15-17-7-9-20(10-8-17)31-16-19-6-4-5-11-26-19/h4-11,13-14H,3,12,15-16H2,1-2H3,(H,27,28).